The zero-order valence-electron chi connectivity index (χ0n) is 17.1. The zero-order valence-corrected chi connectivity index (χ0v) is 17.9. The first-order valence-electron chi connectivity index (χ1n) is 10.2. The molecule has 2 aromatic heterocycles. The van der Waals surface area contributed by atoms with Gasteiger partial charge in [0.2, 0.25) is 5.88 Å². The molecular weight excluding hydrogens is 400 g/mol. The smallest absolute Gasteiger partial charge is 0.262 e. The molecule has 1 aliphatic carbocycles. The third-order valence-corrected chi connectivity index (χ3v) is 6.47. The molecule has 2 heterocycles. The van der Waals surface area contributed by atoms with Gasteiger partial charge in [-0.3, -0.25) is 9.59 Å². The van der Waals surface area contributed by atoms with Gasteiger partial charge in [0.25, 0.3) is 11.8 Å². The number of hydrogen-bond acceptors (Lipinski definition) is 6. The van der Waals surface area contributed by atoms with Crippen molar-refractivity contribution in [3.05, 3.63) is 46.6 Å². The summed E-state index contributed by atoms with van der Waals surface area (Å²) in [4.78, 5) is 37.3. The first-order valence-corrected chi connectivity index (χ1v) is 11.0. The summed E-state index contributed by atoms with van der Waals surface area (Å²) in [6, 6.07) is 6.89. The van der Waals surface area contributed by atoms with Crippen LogP contribution in [0.3, 0.4) is 0 Å². The second-order valence-electron chi connectivity index (χ2n) is 7.11. The summed E-state index contributed by atoms with van der Waals surface area (Å²) in [5.41, 5.74) is 2.48. The van der Waals surface area contributed by atoms with Crippen LogP contribution < -0.4 is 10.1 Å². The molecule has 0 bridgehead atoms. The van der Waals surface area contributed by atoms with Crippen LogP contribution in [0.5, 0.6) is 5.88 Å². The molecule has 0 saturated carbocycles. The Morgan fingerprint density at radius 2 is 1.90 bits per heavy atom. The highest BCUT2D eigenvalue weighted by Gasteiger charge is 2.22. The van der Waals surface area contributed by atoms with Gasteiger partial charge >= 0.3 is 0 Å². The Kier molecular flexibility index (Phi) is 5.94. The summed E-state index contributed by atoms with van der Waals surface area (Å²) in [7, 11) is 0. The summed E-state index contributed by atoms with van der Waals surface area (Å²) >= 11 is 1.68. The van der Waals surface area contributed by atoms with Gasteiger partial charge < -0.3 is 15.0 Å². The first-order chi connectivity index (χ1) is 14.6. The predicted molar refractivity (Wildman–Crippen MR) is 117 cm³/mol. The van der Waals surface area contributed by atoms with Crippen LogP contribution >= 0.6 is 11.3 Å². The predicted octanol–water partition coefficient (Wildman–Crippen LogP) is 3.68. The van der Waals surface area contributed by atoms with Crippen LogP contribution in [0.25, 0.3) is 10.2 Å². The van der Waals surface area contributed by atoms with Crippen molar-refractivity contribution < 1.29 is 14.3 Å². The number of fused-ring (bicyclic) bond motifs is 3. The fraction of sp³-hybridized carbons (Fsp3) is 0.364. The molecule has 1 N–H and O–H groups in total. The molecule has 0 atom stereocenters. The highest BCUT2D eigenvalue weighted by molar-refractivity contribution is 7.18. The molecule has 2 amide bonds. The monoisotopic (exact) mass is 424 g/mol. The molecule has 1 aliphatic rings. The number of rotatable bonds is 7. The number of benzene rings is 1. The van der Waals surface area contributed by atoms with Crippen molar-refractivity contribution >= 4 is 39.1 Å². The molecule has 0 saturated heterocycles. The van der Waals surface area contributed by atoms with E-state index in [9.17, 15) is 9.59 Å². The lowest BCUT2D eigenvalue weighted by Crippen LogP contribution is -2.30. The topological polar surface area (TPSA) is 84.4 Å². The molecule has 156 valence electrons. The minimum absolute atomic E-state index is 0.0164. The SMILES string of the molecule is CCN(CC)C(=O)c1ccc(NC(=O)COc2ncnc3sc4c(c23)CCC4)cc1. The van der Waals surface area contributed by atoms with Crippen LogP contribution in [0.4, 0.5) is 5.69 Å². The highest BCUT2D eigenvalue weighted by atomic mass is 32.1. The molecule has 3 aromatic rings. The van der Waals surface area contributed by atoms with Crippen molar-refractivity contribution in [1.29, 1.82) is 0 Å². The van der Waals surface area contributed by atoms with Crippen LogP contribution in [-0.4, -0.2) is 46.4 Å². The van der Waals surface area contributed by atoms with Gasteiger partial charge in [-0.25, -0.2) is 9.97 Å². The second-order valence-corrected chi connectivity index (χ2v) is 8.19. The number of aryl methyl sites for hydroxylation is 2. The van der Waals surface area contributed by atoms with E-state index >= 15 is 0 Å². The molecule has 4 rings (SSSR count). The minimum Gasteiger partial charge on any atom is -0.467 e. The molecule has 30 heavy (non-hydrogen) atoms. The Hall–Kier alpha value is -3.00. The summed E-state index contributed by atoms with van der Waals surface area (Å²) < 4.78 is 5.74. The van der Waals surface area contributed by atoms with Crippen molar-refractivity contribution in [2.24, 2.45) is 0 Å². The molecule has 8 heteroatoms. The first kappa shape index (κ1) is 20.3. The molecule has 0 unspecified atom stereocenters. The fourth-order valence-electron chi connectivity index (χ4n) is 3.73. The van der Waals surface area contributed by atoms with Crippen LogP contribution in [0.1, 0.15) is 41.1 Å². The molecule has 0 fully saturated rings. The molecule has 0 spiro atoms. The third kappa shape index (κ3) is 4.00. The Morgan fingerprint density at radius 1 is 1.13 bits per heavy atom. The van der Waals surface area contributed by atoms with Gasteiger partial charge in [-0.05, 0) is 62.9 Å². The van der Waals surface area contributed by atoms with Gasteiger partial charge in [0, 0.05) is 29.2 Å². The largest absolute Gasteiger partial charge is 0.467 e. The van der Waals surface area contributed by atoms with Crippen LogP contribution in [0.2, 0.25) is 0 Å². The maximum absolute atomic E-state index is 12.4. The van der Waals surface area contributed by atoms with E-state index in [0.717, 1.165) is 29.5 Å². The van der Waals surface area contributed by atoms with Crippen LogP contribution in [-0.2, 0) is 17.6 Å². The van der Waals surface area contributed by atoms with E-state index in [-0.39, 0.29) is 18.4 Å². The normalized spacial score (nSPS) is 12.6. The number of nitrogens with one attached hydrogen (secondary N) is 1. The summed E-state index contributed by atoms with van der Waals surface area (Å²) in [6.07, 6.45) is 4.69. The number of amides is 2. The van der Waals surface area contributed by atoms with Crippen molar-refractivity contribution in [1.82, 2.24) is 14.9 Å². The molecule has 7 nitrogen and oxygen atoms in total. The minimum atomic E-state index is -0.281. The number of anilines is 1. The number of nitrogens with zero attached hydrogens (tertiary/aromatic N) is 3. The summed E-state index contributed by atoms with van der Waals surface area (Å²) in [5.74, 6) is 0.170. The van der Waals surface area contributed by atoms with Gasteiger partial charge in [0.05, 0.1) is 5.39 Å². The Morgan fingerprint density at radius 3 is 2.63 bits per heavy atom. The van der Waals surface area contributed by atoms with Gasteiger partial charge in [0.1, 0.15) is 11.2 Å². The van der Waals surface area contributed by atoms with Crippen molar-refractivity contribution in [3.8, 4) is 5.88 Å². The third-order valence-electron chi connectivity index (χ3n) is 5.27. The average Bonchev–Trinajstić information content (AvgIpc) is 3.35. The molecule has 0 aliphatic heterocycles. The molecule has 0 radical (unpaired) electrons. The Labute approximate surface area is 179 Å². The number of aromatic nitrogens is 2. The summed E-state index contributed by atoms with van der Waals surface area (Å²) in [5, 5.41) is 3.75. The summed E-state index contributed by atoms with van der Waals surface area (Å²) in [6.45, 7) is 5.08. The lowest BCUT2D eigenvalue weighted by atomic mass is 10.2. The van der Waals surface area contributed by atoms with E-state index in [1.165, 1.54) is 16.8 Å². The standard InChI is InChI=1S/C22H24N4O3S/c1-3-26(4-2)22(28)14-8-10-15(11-9-14)25-18(27)12-29-20-19-16-6-5-7-17(16)30-21(19)24-13-23-20/h8-11,13H,3-7,12H2,1-2H3,(H,25,27). The number of hydrogen-bond donors (Lipinski definition) is 1. The number of thiophene rings is 1. The average molecular weight is 425 g/mol. The van der Waals surface area contributed by atoms with Gasteiger partial charge in [0.15, 0.2) is 6.61 Å². The van der Waals surface area contributed by atoms with Gasteiger partial charge in [-0.2, -0.15) is 0 Å². The van der Waals surface area contributed by atoms with E-state index in [1.807, 2.05) is 13.8 Å². The molecule has 1 aromatic carbocycles. The lowest BCUT2D eigenvalue weighted by Gasteiger charge is -2.18. The number of carbonyl (C=O) groups is 2. The quantitative estimate of drug-likeness (QED) is 0.625. The zero-order chi connectivity index (χ0) is 21.1. The lowest BCUT2D eigenvalue weighted by molar-refractivity contribution is -0.118. The van der Waals surface area contributed by atoms with Crippen molar-refractivity contribution in [2.45, 2.75) is 33.1 Å². The Balaban J connectivity index is 1.39. The van der Waals surface area contributed by atoms with E-state index in [0.29, 0.717) is 30.2 Å². The highest BCUT2D eigenvalue weighted by Crippen LogP contribution is 2.39. The van der Waals surface area contributed by atoms with Gasteiger partial charge in [-0.15, -0.1) is 11.3 Å². The number of carbonyl (C=O) groups excluding carboxylic acids is 2. The van der Waals surface area contributed by atoms with E-state index < -0.39 is 0 Å². The fourth-order valence-corrected chi connectivity index (χ4v) is 4.95. The number of ether oxygens (including phenoxy) is 1. The van der Waals surface area contributed by atoms with E-state index in [1.54, 1.807) is 40.5 Å². The van der Waals surface area contributed by atoms with E-state index in [2.05, 4.69) is 15.3 Å². The maximum atomic E-state index is 12.4. The van der Waals surface area contributed by atoms with Crippen LogP contribution in [0.15, 0.2) is 30.6 Å². The molecular formula is C22H24N4O3S. The second kappa shape index (κ2) is 8.79. The maximum Gasteiger partial charge on any atom is 0.262 e. The Bertz CT molecular complexity index is 1070. The van der Waals surface area contributed by atoms with Crippen molar-refractivity contribution in [3.63, 3.8) is 0 Å². The van der Waals surface area contributed by atoms with Crippen molar-refractivity contribution in [2.75, 3.05) is 25.0 Å². The van der Waals surface area contributed by atoms with Gasteiger partial charge in [-0.1, -0.05) is 0 Å². The van der Waals surface area contributed by atoms with Crippen LogP contribution in [0, 0.1) is 0 Å². The van der Waals surface area contributed by atoms with E-state index in [4.69, 9.17) is 4.74 Å².